The minimum atomic E-state index is -0.344. The van der Waals surface area contributed by atoms with Crippen molar-refractivity contribution in [3.8, 4) is 0 Å². The number of fused-ring (bicyclic) bond motifs is 2. The van der Waals surface area contributed by atoms with Crippen LogP contribution >= 0.6 is 11.8 Å². The molecule has 1 saturated heterocycles. The van der Waals surface area contributed by atoms with E-state index in [-0.39, 0.29) is 12.2 Å². The second kappa shape index (κ2) is 6.45. The molecular weight excluding hydrogens is 322 g/mol. The number of aromatic nitrogens is 1. The van der Waals surface area contributed by atoms with E-state index < -0.39 is 0 Å². The molecule has 1 amide bonds. The van der Waals surface area contributed by atoms with E-state index in [0.29, 0.717) is 5.82 Å². The molecule has 1 unspecified atom stereocenters. The van der Waals surface area contributed by atoms with E-state index in [1.165, 1.54) is 0 Å². The van der Waals surface area contributed by atoms with E-state index in [9.17, 15) is 4.79 Å². The van der Waals surface area contributed by atoms with Gasteiger partial charge in [-0.25, -0.2) is 14.7 Å². The van der Waals surface area contributed by atoms with Crippen molar-refractivity contribution in [1.82, 2.24) is 9.88 Å². The van der Waals surface area contributed by atoms with Crippen LogP contribution in [0.3, 0.4) is 0 Å². The summed E-state index contributed by atoms with van der Waals surface area (Å²) in [6, 6.07) is 11.7. The Labute approximate surface area is 145 Å². The van der Waals surface area contributed by atoms with Gasteiger partial charge in [-0.2, -0.15) is 0 Å². The first-order valence-electron chi connectivity index (χ1n) is 8.13. The number of pyridine rings is 1. The number of ether oxygens (including phenoxy) is 1. The maximum Gasteiger partial charge on any atom is 0.420 e. The lowest BCUT2D eigenvalue weighted by Gasteiger charge is -2.33. The molecule has 0 saturated carbocycles. The second-order valence-electron chi connectivity index (χ2n) is 6.14. The Bertz CT molecular complexity index is 722. The molecule has 2 aliphatic heterocycles. The third-order valence-electron chi connectivity index (χ3n) is 4.32. The third-order valence-corrected chi connectivity index (χ3v) is 5.42. The summed E-state index contributed by atoms with van der Waals surface area (Å²) in [7, 11) is 2.06. The topological polar surface area (TPSA) is 45.7 Å². The first-order valence-corrected chi connectivity index (χ1v) is 8.95. The van der Waals surface area contributed by atoms with Crippen LogP contribution in [0.25, 0.3) is 0 Å². The first-order chi connectivity index (χ1) is 11.7. The van der Waals surface area contributed by atoms with Crippen LogP contribution in [0.4, 0.5) is 16.3 Å². The number of benzene rings is 1. The Morgan fingerprint density at radius 2 is 2.08 bits per heavy atom. The zero-order chi connectivity index (χ0) is 16.5. The third kappa shape index (κ3) is 2.87. The zero-order valence-electron chi connectivity index (χ0n) is 13.5. The van der Waals surface area contributed by atoms with Crippen LogP contribution in [-0.4, -0.2) is 42.2 Å². The van der Waals surface area contributed by atoms with Crippen molar-refractivity contribution in [3.63, 3.8) is 0 Å². The number of amides is 1. The van der Waals surface area contributed by atoms with Gasteiger partial charge < -0.3 is 9.64 Å². The van der Waals surface area contributed by atoms with Crippen molar-refractivity contribution in [3.05, 3.63) is 42.6 Å². The molecule has 1 aromatic heterocycles. The van der Waals surface area contributed by atoms with Gasteiger partial charge in [-0.1, -0.05) is 23.9 Å². The first kappa shape index (κ1) is 15.5. The van der Waals surface area contributed by atoms with E-state index in [0.717, 1.165) is 41.4 Å². The Hall–Kier alpha value is -2.05. The Balaban J connectivity index is 1.65. The lowest BCUT2D eigenvalue weighted by molar-refractivity contribution is 0.0563. The van der Waals surface area contributed by atoms with Gasteiger partial charge in [0.05, 0.1) is 10.6 Å². The number of likely N-dealkylation sites (tertiary alicyclic amines) is 1. The number of hydrogen-bond acceptors (Lipinski definition) is 5. The lowest BCUT2D eigenvalue weighted by atomic mass is 10.1. The van der Waals surface area contributed by atoms with Gasteiger partial charge in [0.2, 0.25) is 0 Å². The summed E-state index contributed by atoms with van der Waals surface area (Å²) in [5.41, 5.74) is 0.836. The fourth-order valence-corrected chi connectivity index (χ4v) is 4.22. The van der Waals surface area contributed by atoms with E-state index in [1.54, 1.807) is 22.9 Å². The number of likely N-dealkylation sites (N-methyl/N-ethyl adjacent to an activating group) is 1. The largest absolute Gasteiger partial charge is 0.444 e. The number of hydrogen-bond donors (Lipinski definition) is 0. The predicted octanol–water partition coefficient (Wildman–Crippen LogP) is 3.92. The highest BCUT2D eigenvalue weighted by Gasteiger charge is 2.32. The monoisotopic (exact) mass is 341 g/mol. The molecule has 0 N–H and O–H groups in total. The van der Waals surface area contributed by atoms with Gasteiger partial charge in [0.15, 0.2) is 5.82 Å². The van der Waals surface area contributed by atoms with E-state index in [4.69, 9.17) is 4.74 Å². The van der Waals surface area contributed by atoms with Crippen molar-refractivity contribution in [2.45, 2.75) is 28.7 Å². The van der Waals surface area contributed by atoms with Crippen LogP contribution < -0.4 is 4.90 Å². The number of rotatable bonds is 1. The molecule has 0 bridgehead atoms. The van der Waals surface area contributed by atoms with Crippen molar-refractivity contribution in [2.24, 2.45) is 0 Å². The van der Waals surface area contributed by atoms with Crippen molar-refractivity contribution in [2.75, 3.05) is 25.0 Å². The second-order valence-corrected chi connectivity index (χ2v) is 7.22. The Kier molecular flexibility index (Phi) is 4.16. The highest BCUT2D eigenvalue weighted by molar-refractivity contribution is 7.99. The van der Waals surface area contributed by atoms with Gasteiger partial charge in [-0.05, 0) is 50.7 Å². The van der Waals surface area contributed by atoms with E-state index >= 15 is 0 Å². The van der Waals surface area contributed by atoms with Gasteiger partial charge in [-0.3, -0.25) is 0 Å². The SMILES string of the molecule is CN1CCCC(OC(=O)N2c3ccccc3Sc3cccnc32)C1. The van der Waals surface area contributed by atoms with Crippen molar-refractivity contribution >= 4 is 29.4 Å². The number of anilines is 2. The lowest BCUT2D eigenvalue weighted by Crippen LogP contribution is -2.41. The molecule has 1 fully saturated rings. The summed E-state index contributed by atoms with van der Waals surface area (Å²) in [6.07, 6.45) is 3.26. The van der Waals surface area contributed by atoms with Gasteiger partial charge in [0.25, 0.3) is 0 Å². The van der Waals surface area contributed by atoms with Gasteiger partial charge in [-0.15, -0.1) is 0 Å². The molecule has 6 heteroatoms. The number of carbonyl (C=O) groups is 1. The van der Waals surface area contributed by atoms with Crippen LogP contribution in [0, 0.1) is 0 Å². The molecule has 2 aliphatic rings. The Morgan fingerprint density at radius 3 is 2.96 bits per heavy atom. The molecule has 1 aromatic carbocycles. The number of para-hydroxylation sites is 1. The van der Waals surface area contributed by atoms with Crippen LogP contribution in [-0.2, 0) is 4.74 Å². The van der Waals surface area contributed by atoms with Gasteiger partial charge in [0, 0.05) is 17.6 Å². The molecule has 3 heterocycles. The Morgan fingerprint density at radius 1 is 1.25 bits per heavy atom. The summed E-state index contributed by atoms with van der Waals surface area (Å²) in [5, 5.41) is 0. The maximum atomic E-state index is 12.9. The summed E-state index contributed by atoms with van der Waals surface area (Å²) >= 11 is 1.63. The van der Waals surface area contributed by atoms with E-state index in [1.807, 2.05) is 36.4 Å². The molecule has 24 heavy (non-hydrogen) atoms. The van der Waals surface area contributed by atoms with Gasteiger partial charge in [0.1, 0.15) is 6.10 Å². The summed E-state index contributed by atoms with van der Waals surface area (Å²) in [4.78, 5) is 23.2. The minimum absolute atomic E-state index is 0.0647. The quantitative estimate of drug-likeness (QED) is 0.787. The molecule has 1 atom stereocenters. The highest BCUT2D eigenvalue weighted by atomic mass is 32.2. The van der Waals surface area contributed by atoms with Gasteiger partial charge >= 0.3 is 6.09 Å². The molecule has 5 nitrogen and oxygen atoms in total. The standard InChI is InChI=1S/C18H19N3O2S/c1-20-11-5-6-13(12-20)23-18(22)21-14-7-2-3-8-15(14)24-16-9-4-10-19-17(16)21/h2-4,7-10,13H,5-6,11-12H2,1H3. The highest BCUT2D eigenvalue weighted by Crippen LogP contribution is 2.47. The van der Waals surface area contributed by atoms with Crippen LogP contribution in [0.2, 0.25) is 0 Å². The number of carbonyl (C=O) groups excluding carboxylic acids is 1. The molecule has 0 aliphatic carbocycles. The maximum absolute atomic E-state index is 12.9. The van der Waals surface area contributed by atoms with Crippen LogP contribution in [0.5, 0.6) is 0 Å². The van der Waals surface area contributed by atoms with Crippen molar-refractivity contribution < 1.29 is 9.53 Å². The molecule has 124 valence electrons. The summed E-state index contributed by atoms with van der Waals surface area (Å²) < 4.78 is 5.81. The fraction of sp³-hybridized carbons (Fsp3) is 0.333. The zero-order valence-corrected chi connectivity index (χ0v) is 14.3. The molecule has 0 radical (unpaired) electrons. The molecule has 4 rings (SSSR count). The average Bonchev–Trinajstić information content (AvgIpc) is 2.59. The molecular formula is C18H19N3O2S. The predicted molar refractivity (Wildman–Crippen MR) is 93.9 cm³/mol. The average molecular weight is 341 g/mol. The fourth-order valence-electron chi connectivity index (χ4n) is 3.19. The molecule has 2 aromatic rings. The minimum Gasteiger partial charge on any atom is -0.444 e. The van der Waals surface area contributed by atoms with Crippen LogP contribution in [0.15, 0.2) is 52.4 Å². The number of nitrogens with zero attached hydrogens (tertiary/aromatic N) is 3. The normalized spacial score (nSPS) is 20.2. The summed E-state index contributed by atoms with van der Waals surface area (Å²) in [5.74, 6) is 0.648. The molecule has 0 spiro atoms. The number of piperidine rings is 1. The smallest absolute Gasteiger partial charge is 0.420 e. The van der Waals surface area contributed by atoms with E-state index in [2.05, 4.69) is 16.9 Å². The van der Waals surface area contributed by atoms with Crippen LogP contribution in [0.1, 0.15) is 12.8 Å². The van der Waals surface area contributed by atoms with Crippen molar-refractivity contribution in [1.29, 1.82) is 0 Å². The summed E-state index contributed by atoms with van der Waals surface area (Å²) in [6.45, 7) is 1.84.